The van der Waals surface area contributed by atoms with Crippen LogP contribution in [0.4, 0.5) is 5.13 Å². The van der Waals surface area contributed by atoms with Crippen LogP contribution in [-0.4, -0.2) is 28.8 Å². The van der Waals surface area contributed by atoms with Crippen LogP contribution in [0.25, 0.3) is 0 Å². The molecule has 3 rings (SSSR count). The molecule has 5 nitrogen and oxygen atoms in total. The number of amides is 1. The molecular formula is C15H23N3O2S. The smallest absolute Gasteiger partial charge is 0.226 e. The third-order valence-corrected chi connectivity index (χ3v) is 5.36. The fourth-order valence-corrected chi connectivity index (χ4v) is 4.07. The highest BCUT2D eigenvalue weighted by Gasteiger charge is 2.21. The van der Waals surface area contributed by atoms with E-state index in [0.29, 0.717) is 17.5 Å². The first-order chi connectivity index (χ1) is 10.3. The van der Waals surface area contributed by atoms with Crippen molar-refractivity contribution in [1.82, 2.24) is 10.2 Å². The van der Waals surface area contributed by atoms with Gasteiger partial charge in [-0.1, -0.05) is 30.6 Å². The van der Waals surface area contributed by atoms with E-state index in [1.807, 2.05) is 0 Å². The Morgan fingerprint density at radius 3 is 2.81 bits per heavy atom. The van der Waals surface area contributed by atoms with Crippen LogP contribution < -0.4 is 5.32 Å². The van der Waals surface area contributed by atoms with Gasteiger partial charge in [0.15, 0.2) is 0 Å². The Bertz CT molecular complexity index is 465. The highest BCUT2D eigenvalue weighted by molar-refractivity contribution is 7.15. The van der Waals surface area contributed by atoms with Crippen molar-refractivity contribution in [3.8, 4) is 0 Å². The predicted molar refractivity (Wildman–Crippen MR) is 82.6 cm³/mol. The van der Waals surface area contributed by atoms with Crippen molar-refractivity contribution in [2.45, 2.75) is 69.8 Å². The first-order valence-electron chi connectivity index (χ1n) is 8.06. The highest BCUT2D eigenvalue weighted by Crippen LogP contribution is 2.35. The quantitative estimate of drug-likeness (QED) is 0.904. The maximum atomic E-state index is 11.9. The lowest BCUT2D eigenvalue weighted by Gasteiger charge is -2.18. The lowest BCUT2D eigenvalue weighted by molar-refractivity contribution is -0.116. The summed E-state index contributed by atoms with van der Waals surface area (Å²) in [6.07, 6.45) is 10.1. The zero-order chi connectivity index (χ0) is 14.5. The normalized spacial score (nSPS) is 23.3. The van der Waals surface area contributed by atoms with Crippen LogP contribution in [0.3, 0.4) is 0 Å². The largest absolute Gasteiger partial charge is 0.378 e. The number of carbonyl (C=O) groups is 1. The molecule has 1 atom stereocenters. The summed E-state index contributed by atoms with van der Waals surface area (Å²) in [5, 5.41) is 13.0. The number of aromatic nitrogens is 2. The molecule has 1 N–H and O–H groups in total. The van der Waals surface area contributed by atoms with E-state index >= 15 is 0 Å². The van der Waals surface area contributed by atoms with E-state index in [-0.39, 0.29) is 12.0 Å². The van der Waals surface area contributed by atoms with Crippen LogP contribution in [0.2, 0.25) is 0 Å². The second-order valence-electron chi connectivity index (χ2n) is 6.00. The SMILES string of the molecule is O=C(CCC1CCCO1)Nc1nnc(C2CCCCC2)s1. The molecule has 0 bridgehead atoms. The van der Waals surface area contributed by atoms with Crippen LogP contribution in [0.15, 0.2) is 0 Å². The van der Waals surface area contributed by atoms with Gasteiger partial charge < -0.3 is 10.1 Å². The summed E-state index contributed by atoms with van der Waals surface area (Å²) in [5.41, 5.74) is 0. The molecule has 1 aromatic heterocycles. The Labute approximate surface area is 129 Å². The standard InChI is InChI=1S/C15H23N3O2S/c19-13(9-8-12-7-4-10-20-12)16-15-18-17-14(21-15)11-5-2-1-3-6-11/h11-12H,1-10H2,(H,16,18,19). The Morgan fingerprint density at radius 1 is 1.19 bits per heavy atom. The third-order valence-electron chi connectivity index (χ3n) is 4.36. The summed E-state index contributed by atoms with van der Waals surface area (Å²) in [5.74, 6) is 0.575. The summed E-state index contributed by atoms with van der Waals surface area (Å²) in [7, 11) is 0. The highest BCUT2D eigenvalue weighted by atomic mass is 32.1. The third kappa shape index (κ3) is 4.23. The van der Waals surface area contributed by atoms with E-state index in [2.05, 4.69) is 15.5 Å². The number of ether oxygens (including phenoxy) is 1. The number of nitrogens with zero attached hydrogens (tertiary/aromatic N) is 2. The van der Waals surface area contributed by atoms with Crippen LogP contribution >= 0.6 is 11.3 Å². The molecule has 1 aliphatic heterocycles. The Kier molecular flexibility index (Phi) is 5.19. The fourth-order valence-electron chi connectivity index (χ4n) is 3.15. The van der Waals surface area contributed by atoms with E-state index in [1.165, 1.54) is 32.1 Å². The molecular weight excluding hydrogens is 286 g/mol. The molecule has 0 aromatic carbocycles. The van der Waals surface area contributed by atoms with Crippen molar-refractivity contribution >= 4 is 22.4 Å². The maximum absolute atomic E-state index is 11.9. The van der Waals surface area contributed by atoms with Gasteiger partial charge in [-0.2, -0.15) is 0 Å². The van der Waals surface area contributed by atoms with Crippen molar-refractivity contribution < 1.29 is 9.53 Å². The number of anilines is 1. The second kappa shape index (κ2) is 7.31. The Morgan fingerprint density at radius 2 is 2.05 bits per heavy atom. The van der Waals surface area contributed by atoms with Gasteiger partial charge in [-0.25, -0.2) is 0 Å². The van der Waals surface area contributed by atoms with Gasteiger partial charge in [0, 0.05) is 18.9 Å². The fraction of sp³-hybridized carbons (Fsp3) is 0.800. The molecule has 2 aliphatic rings. The van der Waals surface area contributed by atoms with Gasteiger partial charge in [-0.3, -0.25) is 4.79 Å². The molecule has 1 unspecified atom stereocenters. The number of hydrogen-bond donors (Lipinski definition) is 1. The zero-order valence-corrected chi connectivity index (χ0v) is 13.2. The molecule has 2 heterocycles. The molecule has 0 radical (unpaired) electrons. The van der Waals surface area contributed by atoms with Gasteiger partial charge in [-0.05, 0) is 32.1 Å². The minimum absolute atomic E-state index is 0.0249. The predicted octanol–water partition coefficient (Wildman–Crippen LogP) is 3.48. The maximum Gasteiger partial charge on any atom is 0.226 e. The van der Waals surface area contributed by atoms with Crippen molar-refractivity contribution in [2.24, 2.45) is 0 Å². The van der Waals surface area contributed by atoms with Gasteiger partial charge in [0.1, 0.15) is 5.01 Å². The first kappa shape index (κ1) is 14.9. The van der Waals surface area contributed by atoms with E-state index in [1.54, 1.807) is 11.3 Å². The van der Waals surface area contributed by atoms with Gasteiger partial charge in [0.25, 0.3) is 0 Å². The first-order valence-corrected chi connectivity index (χ1v) is 8.88. The van der Waals surface area contributed by atoms with E-state index in [0.717, 1.165) is 30.9 Å². The van der Waals surface area contributed by atoms with Crippen LogP contribution in [0.5, 0.6) is 0 Å². The molecule has 21 heavy (non-hydrogen) atoms. The van der Waals surface area contributed by atoms with Crippen molar-refractivity contribution in [1.29, 1.82) is 0 Å². The number of carbonyl (C=O) groups excluding carboxylic acids is 1. The molecule has 1 aliphatic carbocycles. The summed E-state index contributed by atoms with van der Waals surface area (Å²) in [4.78, 5) is 11.9. The molecule has 1 aromatic rings. The average molecular weight is 309 g/mol. The van der Waals surface area contributed by atoms with Crippen molar-refractivity contribution in [3.63, 3.8) is 0 Å². The lowest BCUT2D eigenvalue weighted by atomic mass is 9.90. The topological polar surface area (TPSA) is 64.1 Å². The van der Waals surface area contributed by atoms with E-state index in [4.69, 9.17) is 4.74 Å². The lowest BCUT2D eigenvalue weighted by Crippen LogP contribution is -2.15. The minimum Gasteiger partial charge on any atom is -0.378 e. The summed E-state index contributed by atoms with van der Waals surface area (Å²) < 4.78 is 5.53. The molecule has 2 fully saturated rings. The van der Waals surface area contributed by atoms with Gasteiger partial charge in [0.2, 0.25) is 11.0 Å². The zero-order valence-electron chi connectivity index (χ0n) is 12.3. The van der Waals surface area contributed by atoms with Crippen LogP contribution in [0, 0.1) is 0 Å². The van der Waals surface area contributed by atoms with Crippen molar-refractivity contribution in [3.05, 3.63) is 5.01 Å². The molecule has 1 amide bonds. The summed E-state index contributed by atoms with van der Waals surface area (Å²) in [6, 6.07) is 0. The average Bonchev–Trinajstić information content (AvgIpc) is 3.17. The number of nitrogens with one attached hydrogen (secondary N) is 1. The second-order valence-corrected chi connectivity index (χ2v) is 7.01. The van der Waals surface area contributed by atoms with Crippen LogP contribution in [0.1, 0.15) is 68.7 Å². The molecule has 1 saturated carbocycles. The van der Waals surface area contributed by atoms with Crippen LogP contribution in [-0.2, 0) is 9.53 Å². The monoisotopic (exact) mass is 309 g/mol. The van der Waals surface area contributed by atoms with E-state index < -0.39 is 0 Å². The minimum atomic E-state index is 0.0249. The van der Waals surface area contributed by atoms with Gasteiger partial charge >= 0.3 is 0 Å². The molecule has 1 saturated heterocycles. The number of rotatable bonds is 5. The Balaban J connectivity index is 1.45. The van der Waals surface area contributed by atoms with Crippen molar-refractivity contribution in [2.75, 3.05) is 11.9 Å². The van der Waals surface area contributed by atoms with E-state index in [9.17, 15) is 4.79 Å². The Hall–Kier alpha value is -1.01. The molecule has 6 heteroatoms. The van der Waals surface area contributed by atoms with Gasteiger partial charge in [-0.15, -0.1) is 10.2 Å². The number of hydrogen-bond acceptors (Lipinski definition) is 5. The van der Waals surface area contributed by atoms with Gasteiger partial charge in [0.05, 0.1) is 6.10 Å². The summed E-state index contributed by atoms with van der Waals surface area (Å²) in [6.45, 7) is 0.841. The summed E-state index contributed by atoms with van der Waals surface area (Å²) >= 11 is 1.54. The molecule has 116 valence electrons. The molecule has 0 spiro atoms.